The fraction of sp³-hybridized carbons (Fsp3) is 0.286. The summed E-state index contributed by atoms with van der Waals surface area (Å²) in [5.74, 6) is 0.130. The van der Waals surface area contributed by atoms with Crippen molar-refractivity contribution in [3.05, 3.63) is 40.0 Å². The predicted octanol–water partition coefficient (Wildman–Crippen LogP) is 3.96. The number of carbonyl (C=O) groups excluding carboxylic acids is 2. The van der Waals surface area contributed by atoms with Gasteiger partial charge in [-0.05, 0) is 30.7 Å². The van der Waals surface area contributed by atoms with Gasteiger partial charge in [0.1, 0.15) is 5.76 Å². The van der Waals surface area contributed by atoms with Gasteiger partial charge in [-0.1, -0.05) is 23.4 Å². The van der Waals surface area contributed by atoms with E-state index in [4.69, 9.17) is 16.3 Å². The summed E-state index contributed by atoms with van der Waals surface area (Å²) in [6.45, 7) is 1.34. The lowest BCUT2D eigenvalue weighted by Gasteiger charge is -2.17. The first-order valence-electron chi connectivity index (χ1n) is 5.94. The molecular weight excluding hydrogens is 284 g/mol. The van der Waals surface area contributed by atoms with Crippen molar-refractivity contribution in [3.63, 3.8) is 0 Å². The average molecular weight is 297 g/mol. The number of thioether (sulfide) groups is 1. The van der Waals surface area contributed by atoms with Gasteiger partial charge in [0.05, 0.1) is 4.91 Å². The molecular formula is C14H13ClO3S. The molecule has 100 valence electrons. The summed E-state index contributed by atoms with van der Waals surface area (Å²) in [7, 11) is 0. The van der Waals surface area contributed by atoms with Crippen LogP contribution in [0.4, 0.5) is 0 Å². The molecule has 19 heavy (non-hydrogen) atoms. The summed E-state index contributed by atoms with van der Waals surface area (Å²) in [4.78, 5) is 24.5. The number of esters is 1. The summed E-state index contributed by atoms with van der Waals surface area (Å²) in [6, 6.07) is 7.22. The summed E-state index contributed by atoms with van der Waals surface area (Å²) >= 11 is 7.15. The van der Waals surface area contributed by atoms with E-state index in [1.165, 1.54) is 18.7 Å². The van der Waals surface area contributed by atoms with Crippen molar-refractivity contribution >= 4 is 35.1 Å². The van der Waals surface area contributed by atoms with E-state index in [-0.39, 0.29) is 11.8 Å². The number of rotatable bonds is 3. The average Bonchev–Trinajstić information content (AvgIpc) is 2.35. The van der Waals surface area contributed by atoms with Crippen LogP contribution in [0.5, 0.6) is 0 Å². The summed E-state index contributed by atoms with van der Waals surface area (Å²) in [6.07, 6.45) is 1.86. The number of ketones is 1. The van der Waals surface area contributed by atoms with Gasteiger partial charge in [0.25, 0.3) is 0 Å². The first-order chi connectivity index (χ1) is 9.06. The molecule has 0 heterocycles. The van der Waals surface area contributed by atoms with Gasteiger partial charge in [-0.25, -0.2) is 0 Å². The molecule has 1 aromatic carbocycles. The minimum absolute atomic E-state index is 0.0300. The lowest BCUT2D eigenvalue weighted by Crippen LogP contribution is -2.13. The van der Waals surface area contributed by atoms with E-state index in [1.54, 1.807) is 12.1 Å². The van der Waals surface area contributed by atoms with E-state index in [9.17, 15) is 9.59 Å². The van der Waals surface area contributed by atoms with Crippen LogP contribution in [0.2, 0.25) is 5.02 Å². The van der Waals surface area contributed by atoms with Crippen molar-refractivity contribution in [3.8, 4) is 0 Å². The van der Waals surface area contributed by atoms with E-state index in [2.05, 4.69) is 0 Å². The topological polar surface area (TPSA) is 43.4 Å². The molecule has 1 aliphatic rings. The lowest BCUT2D eigenvalue weighted by atomic mass is 10.0. The largest absolute Gasteiger partial charge is 0.430 e. The zero-order chi connectivity index (χ0) is 13.8. The Hall–Kier alpha value is -1.26. The second-order valence-corrected chi connectivity index (χ2v) is 5.70. The molecule has 0 unspecified atom stereocenters. The number of Topliss-reactive ketones (excluding diaryl/α,β-unsaturated/α-hetero) is 1. The minimum Gasteiger partial charge on any atom is -0.430 e. The van der Waals surface area contributed by atoms with Gasteiger partial charge < -0.3 is 4.74 Å². The van der Waals surface area contributed by atoms with Crippen molar-refractivity contribution in [1.29, 1.82) is 0 Å². The van der Waals surface area contributed by atoms with E-state index in [1.807, 2.05) is 12.1 Å². The fourth-order valence-corrected chi connectivity index (χ4v) is 2.90. The normalized spacial score (nSPS) is 15.6. The Labute approximate surface area is 121 Å². The smallest absolute Gasteiger partial charge is 0.307 e. The van der Waals surface area contributed by atoms with Crippen LogP contribution in [0.1, 0.15) is 26.2 Å². The van der Waals surface area contributed by atoms with Gasteiger partial charge in [-0.15, -0.1) is 0 Å². The van der Waals surface area contributed by atoms with Crippen LogP contribution < -0.4 is 0 Å². The van der Waals surface area contributed by atoms with Crippen molar-refractivity contribution < 1.29 is 14.3 Å². The summed E-state index contributed by atoms with van der Waals surface area (Å²) < 4.78 is 5.14. The van der Waals surface area contributed by atoms with E-state index in [0.29, 0.717) is 28.5 Å². The molecule has 0 bridgehead atoms. The maximum atomic E-state index is 12.0. The molecule has 1 aromatic rings. The second-order valence-electron chi connectivity index (χ2n) is 4.18. The third-order valence-corrected chi connectivity index (χ3v) is 4.03. The molecule has 0 saturated carbocycles. The van der Waals surface area contributed by atoms with Crippen molar-refractivity contribution in [1.82, 2.24) is 0 Å². The third-order valence-electron chi connectivity index (χ3n) is 2.61. The Morgan fingerprint density at radius 2 is 1.95 bits per heavy atom. The highest BCUT2D eigenvalue weighted by atomic mass is 35.5. The van der Waals surface area contributed by atoms with Crippen LogP contribution in [0, 0.1) is 0 Å². The first-order valence-corrected chi connectivity index (χ1v) is 7.14. The number of hydrogen-bond acceptors (Lipinski definition) is 4. The molecule has 0 saturated heterocycles. The van der Waals surface area contributed by atoms with E-state index < -0.39 is 0 Å². The van der Waals surface area contributed by atoms with Gasteiger partial charge in [-0.2, -0.15) is 0 Å². The van der Waals surface area contributed by atoms with Gasteiger partial charge in [-0.3, -0.25) is 9.59 Å². The van der Waals surface area contributed by atoms with Crippen LogP contribution in [-0.4, -0.2) is 11.8 Å². The Morgan fingerprint density at radius 1 is 1.26 bits per heavy atom. The zero-order valence-electron chi connectivity index (χ0n) is 10.4. The van der Waals surface area contributed by atoms with Gasteiger partial charge in [0, 0.05) is 29.7 Å². The maximum absolute atomic E-state index is 12.0. The highest BCUT2D eigenvalue weighted by molar-refractivity contribution is 8.04. The monoisotopic (exact) mass is 296 g/mol. The molecule has 0 spiro atoms. The highest BCUT2D eigenvalue weighted by Crippen LogP contribution is 2.36. The van der Waals surface area contributed by atoms with Crippen LogP contribution in [0.25, 0.3) is 0 Å². The second kappa shape index (κ2) is 6.26. The number of carbonyl (C=O) groups is 2. The number of allylic oxidation sites excluding steroid dienone is 2. The molecule has 1 aliphatic carbocycles. The Kier molecular flexibility index (Phi) is 4.66. The number of halogens is 1. The molecule has 2 rings (SSSR count). The standard InChI is InChI=1S/C14H13ClO3S/c1-9(16)18-13-4-2-3-12(17)14(13)19-11-7-5-10(15)6-8-11/h5-8H,2-4H2,1H3. The zero-order valence-corrected chi connectivity index (χ0v) is 12.0. The van der Waals surface area contributed by atoms with Crippen LogP contribution in [-0.2, 0) is 14.3 Å². The molecule has 0 N–H and O–H groups in total. The highest BCUT2D eigenvalue weighted by Gasteiger charge is 2.23. The first kappa shape index (κ1) is 14.2. The SMILES string of the molecule is CC(=O)OC1=C(Sc2ccc(Cl)cc2)C(=O)CCC1. The van der Waals surface area contributed by atoms with Crippen LogP contribution in [0.15, 0.2) is 39.8 Å². The fourth-order valence-electron chi connectivity index (χ4n) is 1.80. The predicted molar refractivity (Wildman–Crippen MR) is 75.0 cm³/mol. The van der Waals surface area contributed by atoms with Crippen LogP contribution in [0.3, 0.4) is 0 Å². The van der Waals surface area contributed by atoms with Crippen molar-refractivity contribution in [2.24, 2.45) is 0 Å². The van der Waals surface area contributed by atoms with E-state index >= 15 is 0 Å². The quantitative estimate of drug-likeness (QED) is 0.792. The Morgan fingerprint density at radius 3 is 2.58 bits per heavy atom. The number of ether oxygens (including phenoxy) is 1. The summed E-state index contributed by atoms with van der Waals surface area (Å²) in [5, 5.41) is 0.647. The molecule has 0 aromatic heterocycles. The molecule has 0 aliphatic heterocycles. The number of hydrogen-bond donors (Lipinski definition) is 0. The molecule has 3 nitrogen and oxygen atoms in total. The van der Waals surface area contributed by atoms with Gasteiger partial charge in [0.15, 0.2) is 5.78 Å². The number of benzene rings is 1. The maximum Gasteiger partial charge on any atom is 0.307 e. The lowest BCUT2D eigenvalue weighted by molar-refractivity contribution is -0.137. The molecule has 5 heteroatoms. The Bertz CT molecular complexity index is 534. The molecule has 0 fully saturated rings. The Balaban J connectivity index is 2.26. The third kappa shape index (κ3) is 3.85. The van der Waals surface area contributed by atoms with Crippen LogP contribution >= 0.6 is 23.4 Å². The molecule has 0 radical (unpaired) electrons. The molecule has 0 amide bonds. The van der Waals surface area contributed by atoms with Crippen molar-refractivity contribution in [2.75, 3.05) is 0 Å². The minimum atomic E-state index is -0.390. The van der Waals surface area contributed by atoms with Gasteiger partial charge in [0.2, 0.25) is 0 Å². The molecule has 0 atom stereocenters. The van der Waals surface area contributed by atoms with E-state index in [0.717, 1.165) is 11.3 Å². The summed E-state index contributed by atoms with van der Waals surface area (Å²) in [5.41, 5.74) is 0. The van der Waals surface area contributed by atoms with Gasteiger partial charge >= 0.3 is 5.97 Å². The van der Waals surface area contributed by atoms with Crippen molar-refractivity contribution in [2.45, 2.75) is 31.1 Å².